The first-order valence-corrected chi connectivity index (χ1v) is 11.9. The van der Waals surface area contributed by atoms with E-state index in [0.29, 0.717) is 23.6 Å². The van der Waals surface area contributed by atoms with Crippen molar-refractivity contribution in [1.82, 2.24) is 24.5 Å². The Labute approximate surface area is 198 Å². The summed E-state index contributed by atoms with van der Waals surface area (Å²) in [5.41, 5.74) is 4.16. The van der Waals surface area contributed by atoms with Gasteiger partial charge in [0.25, 0.3) is 5.56 Å². The zero-order chi connectivity index (χ0) is 23.7. The normalized spacial score (nSPS) is 14.1. The Morgan fingerprint density at radius 1 is 1.03 bits per heavy atom. The molecular formula is C27H29N5O2. The van der Waals surface area contributed by atoms with Gasteiger partial charge in [0.05, 0.1) is 0 Å². The lowest BCUT2D eigenvalue weighted by Crippen LogP contribution is -2.37. The van der Waals surface area contributed by atoms with Crippen LogP contribution in [0.1, 0.15) is 48.1 Å². The Hall–Kier alpha value is -3.74. The monoisotopic (exact) mass is 455 g/mol. The van der Waals surface area contributed by atoms with Gasteiger partial charge < -0.3 is 9.88 Å². The highest BCUT2D eigenvalue weighted by molar-refractivity contribution is 5.77. The van der Waals surface area contributed by atoms with Crippen LogP contribution in [-0.2, 0) is 17.8 Å². The molecule has 0 unspecified atom stereocenters. The maximum absolute atomic E-state index is 13.5. The Bertz CT molecular complexity index is 1380. The molecule has 1 saturated carbocycles. The van der Waals surface area contributed by atoms with E-state index in [1.807, 2.05) is 73.0 Å². The number of aryl methyl sites for hydroxylation is 1. The fourth-order valence-corrected chi connectivity index (χ4v) is 4.72. The van der Waals surface area contributed by atoms with Crippen molar-refractivity contribution in [1.29, 1.82) is 0 Å². The standard InChI is InChI=1S/C27H29N5O2/c1-18-12-14-21(15-13-18)25-29-27-31(17-24(33)28-22-10-6-7-11-22)19(2)23(26(34)32(27)30-25)16-20-8-4-3-5-9-20/h3-5,8-9,12-15,22H,6-7,10-11,16-17H2,1-2H3,(H,28,33). The van der Waals surface area contributed by atoms with Crippen molar-refractivity contribution in [3.63, 3.8) is 0 Å². The maximum Gasteiger partial charge on any atom is 0.279 e. The van der Waals surface area contributed by atoms with Gasteiger partial charge in [0.15, 0.2) is 5.82 Å². The summed E-state index contributed by atoms with van der Waals surface area (Å²) in [5.74, 6) is 0.792. The predicted molar refractivity (Wildman–Crippen MR) is 132 cm³/mol. The zero-order valence-electron chi connectivity index (χ0n) is 19.6. The second kappa shape index (κ2) is 9.25. The van der Waals surface area contributed by atoms with E-state index < -0.39 is 0 Å². The van der Waals surface area contributed by atoms with E-state index in [2.05, 4.69) is 10.4 Å². The van der Waals surface area contributed by atoms with E-state index >= 15 is 0 Å². The highest BCUT2D eigenvalue weighted by Gasteiger charge is 2.22. The lowest BCUT2D eigenvalue weighted by Gasteiger charge is -2.17. The Balaban J connectivity index is 1.60. The number of nitrogens with zero attached hydrogens (tertiary/aromatic N) is 4. The maximum atomic E-state index is 13.5. The third-order valence-corrected chi connectivity index (χ3v) is 6.68. The van der Waals surface area contributed by atoms with Crippen LogP contribution in [0, 0.1) is 13.8 Å². The number of benzene rings is 2. The number of rotatable bonds is 6. The molecule has 0 saturated heterocycles. The molecule has 2 aromatic carbocycles. The van der Waals surface area contributed by atoms with E-state index in [1.165, 1.54) is 4.52 Å². The number of nitrogens with one attached hydrogen (secondary N) is 1. The highest BCUT2D eigenvalue weighted by atomic mass is 16.2. The van der Waals surface area contributed by atoms with Crippen LogP contribution in [0.2, 0.25) is 0 Å². The largest absolute Gasteiger partial charge is 0.352 e. The van der Waals surface area contributed by atoms with Gasteiger partial charge in [-0.05, 0) is 32.3 Å². The number of carbonyl (C=O) groups excluding carboxylic acids is 1. The predicted octanol–water partition coefficient (Wildman–Crippen LogP) is 3.82. The summed E-state index contributed by atoms with van der Waals surface area (Å²) in [7, 11) is 0. The summed E-state index contributed by atoms with van der Waals surface area (Å²) in [4.78, 5) is 31.2. The molecular weight excluding hydrogens is 426 g/mol. The van der Waals surface area contributed by atoms with Crippen LogP contribution in [0.4, 0.5) is 0 Å². The lowest BCUT2D eigenvalue weighted by molar-refractivity contribution is -0.122. The molecule has 0 atom stereocenters. The van der Waals surface area contributed by atoms with Crippen molar-refractivity contribution in [3.05, 3.63) is 87.3 Å². The molecule has 1 fully saturated rings. The van der Waals surface area contributed by atoms with Crippen molar-refractivity contribution in [2.24, 2.45) is 0 Å². The van der Waals surface area contributed by atoms with Crippen LogP contribution in [0.5, 0.6) is 0 Å². The molecule has 0 bridgehead atoms. The number of hydrogen-bond donors (Lipinski definition) is 1. The summed E-state index contributed by atoms with van der Waals surface area (Å²) in [6.07, 6.45) is 4.80. The average Bonchev–Trinajstić information content (AvgIpc) is 3.51. The van der Waals surface area contributed by atoms with E-state index in [0.717, 1.165) is 48.1 Å². The molecule has 0 aliphatic heterocycles. The molecule has 2 aromatic heterocycles. The van der Waals surface area contributed by atoms with Crippen LogP contribution < -0.4 is 10.9 Å². The second-order valence-electron chi connectivity index (χ2n) is 9.18. The summed E-state index contributed by atoms with van der Waals surface area (Å²) in [6, 6.07) is 18.0. The Kier molecular flexibility index (Phi) is 6.01. The lowest BCUT2D eigenvalue weighted by atomic mass is 10.0. The van der Waals surface area contributed by atoms with Crippen molar-refractivity contribution >= 4 is 11.7 Å². The van der Waals surface area contributed by atoms with Gasteiger partial charge in [0, 0.05) is 29.3 Å². The molecule has 34 heavy (non-hydrogen) atoms. The van der Waals surface area contributed by atoms with Gasteiger partial charge in [0.1, 0.15) is 6.54 Å². The molecule has 1 aliphatic rings. The van der Waals surface area contributed by atoms with Gasteiger partial charge in [0.2, 0.25) is 11.7 Å². The first-order valence-electron chi connectivity index (χ1n) is 11.9. The van der Waals surface area contributed by atoms with Crippen molar-refractivity contribution < 1.29 is 4.79 Å². The van der Waals surface area contributed by atoms with Gasteiger partial charge in [-0.25, -0.2) is 0 Å². The molecule has 7 nitrogen and oxygen atoms in total. The van der Waals surface area contributed by atoms with Crippen LogP contribution in [0.3, 0.4) is 0 Å². The van der Waals surface area contributed by atoms with E-state index in [1.54, 1.807) is 0 Å². The second-order valence-corrected chi connectivity index (χ2v) is 9.18. The van der Waals surface area contributed by atoms with Gasteiger partial charge in [-0.15, -0.1) is 5.10 Å². The van der Waals surface area contributed by atoms with Gasteiger partial charge >= 0.3 is 0 Å². The highest BCUT2D eigenvalue weighted by Crippen LogP contribution is 2.20. The third-order valence-electron chi connectivity index (χ3n) is 6.68. The summed E-state index contributed by atoms with van der Waals surface area (Å²) >= 11 is 0. The number of aromatic nitrogens is 4. The topological polar surface area (TPSA) is 81.3 Å². The average molecular weight is 456 g/mol. The van der Waals surface area contributed by atoms with Crippen molar-refractivity contribution in [3.8, 4) is 11.4 Å². The number of fused-ring (bicyclic) bond motifs is 1. The quantitative estimate of drug-likeness (QED) is 0.479. The smallest absolute Gasteiger partial charge is 0.279 e. The SMILES string of the molecule is Cc1ccc(-c2nc3n(CC(=O)NC4CCCC4)c(C)c(Cc4ccccc4)c(=O)n3n2)cc1. The van der Waals surface area contributed by atoms with Crippen LogP contribution >= 0.6 is 0 Å². The summed E-state index contributed by atoms with van der Waals surface area (Å²) < 4.78 is 3.18. The molecule has 5 rings (SSSR count). The number of amides is 1. The third kappa shape index (κ3) is 4.38. The minimum atomic E-state index is -0.199. The number of hydrogen-bond acceptors (Lipinski definition) is 4. The first kappa shape index (κ1) is 22.1. The van der Waals surface area contributed by atoms with Crippen LogP contribution in [0.15, 0.2) is 59.4 Å². The fraction of sp³-hybridized carbons (Fsp3) is 0.333. The zero-order valence-corrected chi connectivity index (χ0v) is 19.6. The number of carbonyl (C=O) groups is 1. The Morgan fingerprint density at radius 2 is 1.74 bits per heavy atom. The van der Waals surface area contributed by atoms with Crippen LogP contribution in [0.25, 0.3) is 17.2 Å². The van der Waals surface area contributed by atoms with Crippen LogP contribution in [-0.4, -0.2) is 31.1 Å². The van der Waals surface area contributed by atoms with Gasteiger partial charge in [-0.1, -0.05) is 73.0 Å². The molecule has 0 radical (unpaired) electrons. The van der Waals surface area contributed by atoms with E-state index in [4.69, 9.17) is 4.98 Å². The minimum Gasteiger partial charge on any atom is -0.352 e. The van der Waals surface area contributed by atoms with Crippen molar-refractivity contribution in [2.75, 3.05) is 0 Å². The molecule has 4 aromatic rings. The Morgan fingerprint density at radius 3 is 2.44 bits per heavy atom. The van der Waals surface area contributed by atoms with Gasteiger partial charge in [-0.2, -0.15) is 9.50 Å². The molecule has 1 N–H and O–H groups in total. The fourth-order valence-electron chi connectivity index (χ4n) is 4.72. The molecule has 0 spiro atoms. The first-order chi connectivity index (χ1) is 16.5. The molecule has 1 amide bonds. The van der Waals surface area contributed by atoms with Crippen molar-refractivity contribution in [2.45, 2.75) is 58.5 Å². The molecule has 2 heterocycles. The van der Waals surface area contributed by atoms with E-state index in [-0.39, 0.29) is 24.1 Å². The molecule has 174 valence electrons. The van der Waals surface area contributed by atoms with Gasteiger partial charge in [-0.3, -0.25) is 9.59 Å². The minimum absolute atomic E-state index is 0.0638. The summed E-state index contributed by atoms with van der Waals surface area (Å²) in [6.45, 7) is 4.01. The van der Waals surface area contributed by atoms with E-state index in [9.17, 15) is 9.59 Å². The molecule has 1 aliphatic carbocycles. The summed E-state index contributed by atoms with van der Waals surface area (Å²) in [5, 5.41) is 7.72. The molecule has 7 heteroatoms.